The third-order valence-corrected chi connectivity index (χ3v) is 5.41. The zero-order chi connectivity index (χ0) is 16.7. The van der Waals surface area contributed by atoms with Crippen molar-refractivity contribution in [3.8, 4) is 0 Å². The van der Waals surface area contributed by atoms with Crippen LogP contribution in [0, 0.1) is 13.8 Å². The molecule has 2 fully saturated rings. The molecule has 0 spiro atoms. The minimum absolute atomic E-state index is 0.205. The van der Waals surface area contributed by atoms with Gasteiger partial charge in [0.05, 0.1) is 24.5 Å². The highest BCUT2D eigenvalue weighted by Crippen LogP contribution is 2.43. The monoisotopic (exact) mass is 328 g/mol. The standard InChI is InChI=1S/C19H24N2O3/c1-13-18(14(2)24-20-13)19(22)8-16-11-23-12-17(9-19)21(16)10-15-6-4-3-5-7-15/h3-7,16-17,22H,8-12H2,1-2H3. The van der Waals surface area contributed by atoms with E-state index in [1.54, 1.807) is 0 Å². The lowest BCUT2D eigenvalue weighted by Crippen LogP contribution is -2.60. The number of rotatable bonds is 3. The van der Waals surface area contributed by atoms with Crippen molar-refractivity contribution in [1.82, 2.24) is 10.1 Å². The summed E-state index contributed by atoms with van der Waals surface area (Å²) in [7, 11) is 0. The second-order valence-electron chi connectivity index (χ2n) is 7.14. The molecule has 1 N–H and O–H groups in total. The lowest BCUT2D eigenvalue weighted by molar-refractivity contribution is -0.150. The average molecular weight is 328 g/mol. The molecule has 24 heavy (non-hydrogen) atoms. The van der Waals surface area contributed by atoms with Crippen LogP contribution in [0.2, 0.25) is 0 Å². The molecule has 2 aliphatic heterocycles. The van der Waals surface area contributed by atoms with E-state index in [-0.39, 0.29) is 12.1 Å². The molecule has 2 aromatic rings. The van der Waals surface area contributed by atoms with Crippen LogP contribution in [0.1, 0.15) is 35.4 Å². The van der Waals surface area contributed by atoms with Crippen LogP contribution in [0.4, 0.5) is 0 Å². The van der Waals surface area contributed by atoms with Gasteiger partial charge in [-0.3, -0.25) is 4.90 Å². The van der Waals surface area contributed by atoms with Crippen LogP contribution in [-0.4, -0.2) is 40.5 Å². The molecule has 5 heteroatoms. The Morgan fingerprint density at radius 1 is 1.17 bits per heavy atom. The van der Waals surface area contributed by atoms with E-state index in [2.05, 4.69) is 34.3 Å². The third-order valence-electron chi connectivity index (χ3n) is 5.41. The second-order valence-corrected chi connectivity index (χ2v) is 7.14. The van der Waals surface area contributed by atoms with Crippen LogP contribution in [0.5, 0.6) is 0 Å². The summed E-state index contributed by atoms with van der Waals surface area (Å²) >= 11 is 0. The average Bonchev–Trinajstić information content (AvgIpc) is 2.89. The van der Waals surface area contributed by atoms with Crippen molar-refractivity contribution in [1.29, 1.82) is 0 Å². The van der Waals surface area contributed by atoms with E-state index in [4.69, 9.17) is 9.26 Å². The van der Waals surface area contributed by atoms with Crippen molar-refractivity contribution in [3.63, 3.8) is 0 Å². The van der Waals surface area contributed by atoms with Crippen LogP contribution in [0.25, 0.3) is 0 Å². The normalized spacial score (nSPS) is 30.5. The number of piperidine rings is 1. The maximum Gasteiger partial charge on any atom is 0.140 e. The first-order valence-electron chi connectivity index (χ1n) is 8.60. The molecule has 2 unspecified atom stereocenters. The Kier molecular flexibility index (Phi) is 3.95. The van der Waals surface area contributed by atoms with Gasteiger partial charge in [0.25, 0.3) is 0 Å². The summed E-state index contributed by atoms with van der Waals surface area (Å²) in [5.41, 5.74) is 2.10. The summed E-state index contributed by atoms with van der Waals surface area (Å²) in [4.78, 5) is 2.49. The molecule has 2 saturated heterocycles. The Morgan fingerprint density at radius 2 is 1.83 bits per heavy atom. The zero-order valence-electron chi connectivity index (χ0n) is 14.2. The van der Waals surface area contributed by atoms with E-state index >= 15 is 0 Å². The maximum atomic E-state index is 11.4. The number of hydrogen-bond acceptors (Lipinski definition) is 5. The lowest BCUT2D eigenvalue weighted by atomic mass is 9.76. The Hall–Kier alpha value is -1.69. The van der Waals surface area contributed by atoms with Crippen molar-refractivity contribution in [2.75, 3.05) is 13.2 Å². The van der Waals surface area contributed by atoms with Crippen molar-refractivity contribution >= 4 is 0 Å². The Bertz CT molecular complexity index is 679. The first-order chi connectivity index (χ1) is 11.6. The van der Waals surface area contributed by atoms with Gasteiger partial charge in [-0.25, -0.2) is 0 Å². The van der Waals surface area contributed by atoms with Crippen LogP contribution in [0.3, 0.4) is 0 Å². The number of aromatic nitrogens is 1. The van der Waals surface area contributed by atoms with Gasteiger partial charge in [0, 0.05) is 24.2 Å². The topological polar surface area (TPSA) is 58.7 Å². The van der Waals surface area contributed by atoms with Crippen LogP contribution >= 0.6 is 0 Å². The van der Waals surface area contributed by atoms with Gasteiger partial charge in [0.2, 0.25) is 0 Å². The number of fused-ring (bicyclic) bond motifs is 2. The Balaban J connectivity index is 1.61. The first-order valence-corrected chi connectivity index (χ1v) is 8.60. The predicted octanol–water partition coefficient (Wildman–Crippen LogP) is 2.54. The fourth-order valence-corrected chi connectivity index (χ4v) is 4.45. The summed E-state index contributed by atoms with van der Waals surface area (Å²) in [6.45, 7) is 6.02. The first kappa shape index (κ1) is 15.8. The summed E-state index contributed by atoms with van der Waals surface area (Å²) in [5.74, 6) is 0.727. The number of ether oxygens (including phenoxy) is 1. The number of benzene rings is 1. The minimum atomic E-state index is -0.875. The Morgan fingerprint density at radius 3 is 2.42 bits per heavy atom. The summed E-state index contributed by atoms with van der Waals surface area (Å²) in [5, 5.41) is 15.4. The number of aryl methyl sites for hydroxylation is 2. The van der Waals surface area contributed by atoms with Crippen LogP contribution in [-0.2, 0) is 16.9 Å². The van der Waals surface area contributed by atoms with Gasteiger partial charge in [0.15, 0.2) is 0 Å². The van der Waals surface area contributed by atoms with E-state index in [0.29, 0.717) is 26.1 Å². The molecule has 5 nitrogen and oxygen atoms in total. The van der Waals surface area contributed by atoms with Gasteiger partial charge < -0.3 is 14.4 Å². The molecule has 4 rings (SSSR count). The second kappa shape index (κ2) is 5.99. The smallest absolute Gasteiger partial charge is 0.140 e. The molecule has 1 aromatic heterocycles. The number of hydrogen-bond donors (Lipinski definition) is 1. The molecule has 0 radical (unpaired) electrons. The van der Waals surface area contributed by atoms with Crippen molar-refractivity contribution in [3.05, 3.63) is 52.9 Å². The number of morpholine rings is 1. The molecule has 0 aliphatic carbocycles. The van der Waals surface area contributed by atoms with Gasteiger partial charge >= 0.3 is 0 Å². The lowest BCUT2D eigenvalue weighted by Gasteiger charge is -2.51. The molecular weight excluding hydrogens is 304 g/mol. The van der Waals surface area contributed by atoms with Crippen LogP contribution < -0.4 is 0 Å². The highest BCUT2D eigenvalue weighted by molar-refractivity contribution is 5.30. The van der Waals surface area contributed by atoms with Crippen molar-refractivity contribution in [2.45, 2.75) is 50.9 Å². The van der Waals surface area contributed by atoms with Gasteiger partial charge in [-0.1, -0.05) is 35.5 Å². The molecule has 2 aliphatic rings. The summed E-state index contributed by atoms with van der Waals surface area (Å²) in [6.07, 6.45) is 1.30. The van der Waals surface area contributed by atoms with E-state index < -0.39 is 5.60 Å². The van der Waals surface area contributed by atoms with E-state index in [9.17, 15) is 5.11 Å². The summed E-state index contributed by atoms with van der Waals surface area (Å²) in [6, 6.07) is 10.9. The van der Waals surface area contributed by atoms with E-state index in [1.807, 2.05) is 19.9 Å². The highest BCUT2D eigenvalue weighted by atomic mass is 16.5. The minimum Gasteiger partial charge on any atom is -0.385 e. The maximum absolute atomic E-state index is 11.4. The largest absolute Gasteiger partial charge is 0.385 e. The van der Waals surface area contributed by atoms with Crippen molar-refractivity contribution in [2.24, 2.45) is 0 Å². The molecule has 128 valence electrons. The molecule has 3 heterocycles. The quantitative estimate of drug-likeness (QED) is 0.938. The fourth-order valence-electron chi connectivity index (χ4n) is 4.45. The fraction of sp³-hybridized carbons (Fsp3) is 0.526. The van der Waals surface area contributed by atoms with Gasteiger partial charge in [-0.15, -0.1) is 0 Å². The SMILES string of the molecule is Cc1noc(C)c1C1(O)CC2COCC(C1)N2Cc1ccccc1. The van der Waals surface area contributed by atoms with Gasteiger partial charge in [-0.2, -0.15) is 0 Å². The molecule has 2 bridgehead atoms. The van der Waals surface area contributed by atoms with Gasteiger partial charge in [0.1, 0.15) is 5.76 Å². The number of nitrogens with zero attached hydrogens (tertiary/aromatic N) is 2. The van der Waals surface area contributed by atoms with E-state index in [1.165, 1.54) is 5.56 Å². The van der Waals surface area contributed by atoms with Crippen molar-refractivity contribution < 1.29 is 14.4 Å². The third kappa shape index (κ3) is 2.66. The zero-order valence-corrected chi connectivity index (χ0v) is 14.2. The van der Waals surface area contributed by atoms with Crippen LogP contribution in [0.15, 0.2) is 34.9 Å². The molecule has 0 amide bonds. The predicted molar refractivity (Wildman–Crippen MR) is 89.5 cm³/mol. The summed E-state index contributed by atoms with van der Waals surface area (Å²) < 4.78 is 11.1. The van der Waals surface area contributed by atoms with E-state index in [0.717, 1.165) is 23.6 Å². The molecule has 2 atom stereocenters. The highest BCUT2D eigenvalue weighted by Gasteiger charge is 2.48. The van der Waals surface area contributed by atoms with Gasteiger partial charge in [-0.05, 0) is 32.3 Å². The molecule has 0 saturated carbocycles. The number of aliphatic hydroxyl groups is 1. The molecular formula is C19H24N2O3. The molecule has 1 aromatic carbocycles. The Labute approximate surface area is 142 Å².